The van der Waals surface area contributed by atoms with Crippen LogP contribution in [-0.4, -0.2) is 11.0 Å². The van der Waals surface area contributed by atoms with Crippen LogP contribution < -0.4 is 0 Å². The predicted octanol–water partition coefficient (Wildman–Crippen LogP) is 6.20. The van der Waals surface area contributed by atoms with E-state index in [4.69, 9.17) is 0 Å². The molecule has 0 nitrogen and oxygen atoms in total. The predicted molar refractivity (Wildman–Crippen MR) is 136 cm³/mol. The first-order valence-corrected chi connectivity index (χ1v) is 9.03. The minimum Gasteiger partial charge on any atom is -0.358 e. The fourth-order valence-electron chi connectivity index (χ4n) is 2.14. The minimum absolute atomic E-state index is 0. The van der Waals surface area contributed by atoms with Gasteiger partial charge in [-0.3, -0.25) is 6.08 Å². The fourth-order valence-corrected chi connectivity index (χ4v) is 2.14. The molecule has 3 aromatic carbocycles. The van der Waals surface area contributed by atoms with Crippen LogP contribution in [0.2, 0.25) is 0 Å². The molecule has 0 heterocycles. The van der Waals surface area contributed by atoms with Crippen molar-refractivity contribution in [3.63, 3.8) is 0 Å². The second-order valence-electron chi connectivity index (χ2n) is 5.62. The Morgan fingerprint density at radius 3 is 1.40 bits per heavy atom. The van der Waals surface area contributed by atoms with Crippen LogP contribution in [0.5, 0.6) is 0 Å². The molecule has 0 aliphatic heterocycles. The van der Waals surface area contributed by atoms with Gasteiger partial charge in [-0.05, 0) is 22.1 Å². The molecule has 0 aromatic heterocycles. The number of rotatable bonds is 3. The SMILES string of the molecule is C(C=Cc1ccccc1)=Cc1ccccc1.[C-]1=CC=CC1.[CH3-].[SiH4].[Ti+3].[c-]1ccccc1. The van der Waals surface area contributed by atoms with Crippen molar-refractivity contribution in [3.8, 4) is 0 Å². The van der Waals surface area contributed by atoms with Crippen LogP contribution >= 0.6 is 0 Å². The largest absolute Gasteiger partial charge is 3.00 e. The molecule has 0 amide bonds. The molecule has 0 saturated heterocycles. The van der Waals surface area contributed by atoms with Crippen molar-refractivity contribution in [2.24, 2.45) is 0 Å². The topological polar surface area (TPSA) is 0 Å². The molecule has 151 valence electrons. The van der Waals surface area contributed by atoms with E-state index in [1.165, 1.54) is 11.1 Å². The van der Waals surface area contributed by atoms with Gasteiger partial charge in [0.05, 0.1) is 0 Å². The molecule has 0 bridgehead atoms. The molecule has 1 aliphatic carbocycles. The summed E-state index contributed by atoms with van der Waals surface area (Å²) < 4.78 is 0. The van der Waals surface area contributed by atoms with Crippen molar-refractivity contribution in [2.45, 2.75) is 6.42 Å². The van der Waals surface area contributed by atoms with Gasteiger partial charge >= 0.3 is 21.7 Å². The smallest absolute Gasteiger partial charge is 0.358 e. The van der Waals surface area contributed by atoms with E-state index in [-0.39, 0.29) is 40.1 Å². The Morgan fingerprint density at radius 2 is 1.13 bits per heavy atom. The Bertz CT molecular complexity index is 751. The van der Waals surface area contributed by atoms with Crippen molar-refractivity contribution in [1.82, 2.24) is 0 Å². The second-order valence-corrected chi connectivity index (χ2v) is 5.62. The first kappa shape index (κ1) is 29.7. The summed E-state index contributed by atoms with van der Waals surface area (Å²) >= 11 is 0. The van der Waals surface area contributed by atoms with Crippen LogP contribution in [0.4, 0.5) is 0 Å². The molecule has 0 spiro atoms. The first-order chi connectivity index (χ1) is 13.4. The molecule has 0 atom stereocenters. The summed E-state index contributed by atoms with van der Waals surface area (Å²) in [4.78, 5) is 0. The van der Waals surface area contributed by atoms with Gasteiger partial charge in [-0.1, -0.05) is 85.0 Å². The molecular weight excluding hydrogens is 412 g/mol. The standard InChI is InChI=1S/C16H14.C6H5.C5H5.CH3.H4Si.Ti/c1-3-9-15(10-4-1)13-7-8-14-16-11-5-2-6-12-16;1-2-4-6-5-3-1;1-2-4-5-3-1;;;/h1-14H;1-5H;1-3H,4H2;1H3;1H4;/q;3*-1;;+3. The Kier molecular flexibility index (Phi) is 21.1. The quantitative estimate of drug-likeness (QED) is 0.257. The average molecular weight is 444 g/mol. The zero-order valence-corrected chi connectivity index (χ0v) is 18.5. The van der Waals surface area contributed by atoms with Crippen LogP contribution in [0.25, 0.3) is 12.2 Å². The maximum Gasteiger partial charge on any atom is 3.00 e. The van der Waals surface area contributed by atoms with Crippen molar-refractivity contribution >= 4 is 23.1 Å². The molecule has 1 radical (unpaired) electrons. The van der Waals surface area contributed by atoms with Crippen LogP contribution in [-0.2, 0) is 21.7 Å². The average Bonchev–Trinajstić information content (AvgIpc) is 3.35. The molecule has 1 aliphatic rings. The molecule has 0 unspecified atom stereocenters. The Hall–Kier alpha value is -2.45. The maximum atomic E-state index is 2.99. The number of allylic oxidation sites excluding steroid dienone is 6. The third-order valence-electron chi connectivity index (χ3n) is 3.48. The summed E-state index contributed by atoms with van der Waals surface area (Å²) in [5.41, 5.74) is 2.44. The summed E-state index contributed by atoms with van der Waals surface area (Å²) in [6.07, 6.45) is 18.3. The molecular formula is C28H31SiTi. The zero-order valence-electron chi connectivity index (χ0n) is 16.9. The van der Waals surface area contributed by atoms with Crippen molar-refractivity contribution < 1.29 is 21.7 Å². The van der Waals surface area contributed by atoms with Gasteiger partial charge in [-0.15, -0.1) is 6.42 Å². The second kappa shape index (κ2) is 21.3. The molecule has 0 fully saturated rings. The van der Waals surface area contributed by atoms with E-state index >= 15 is 0 Å². The monoisotopic (exact) mass is 443 g/mol. The number of benzene rings is 3. The fraction of sp³-hybridized carbons (Fsp3) is 0.0357. The molecule has 0 N–H and O–H groups in total. The maximum absolute atomic E-state index is 2.99. The summed E-state index contributed by atoms with van der Waals surface area (Å²) in [6.45, 7) is 0. The summed E-state index contributed by atoms with van der Waals surface area (Å²) in [6, 6.07) is 33.1. The van der Waals surface area contributed by atoms with Crippen LogP contribution in [0.15, 0.2) is 121 Å². The molecule has 30 heavy (non-hydrogen) atoms. The van der Waals surface area contributed by atoms with E-state index in [0.29, 0.717) is 0 Å². The van der Waals surface area contributed by atoms with Crippen molar-refractivity contribution in [1.29, 1.82) is 0 Å². The number of hydrogen-bond acceptors (Lipinski definition) is 0. The Morgan fingerprint density at radius 1 is 0.667 bits per heavy atom. The van der Waals surface area contributed by atoms with Gasteiger partial charge in [0.2, 0.25) is 0 Å². The van der Waals surface area contributed by atoms with E-state index in [1.807, 2.05) is 78.9 Å². The minimum atomic E-state index is 0. The summed E-state index contributed by atoms with van der Waals surface area (Å²) in [5, 5.41) is 0. The van der Waals surface area contributed by atoms with Gasteiger partial charge in [0.15, 0.2) is 0 Å². The van der Waals surface area contributed by atoms with Crippen molar-refractivity contribution in [2.75, 3.05) is 0 Å². The van der Waals surface area contributed by atoms with Gasteiger partial charge in [0.25, 0.3) is 0 Å². The molecule has 2 heteroatoms. The molecule has 0 saturated carbocycles. The van der Waals surface area contributed by atoms with Crippen LogP contribution in [0.3, 0.4) is 0 Å². The van der Waals surface area contributed by atoms with E-state index in [2.05, 4.69) is 66.8 Å². The van der Waals surface area contributed by atoms with Crippen molar-refractivity contribution in [3.05, 3.63) is 152 Å². The van der Waals surface area contributed by atoms with Gasteiger partial charge in [-0.2, -0.15) is 42.5 Å². The van der Waals surface area contributed by atoms with Gasteiger partial charge in [0.1, 0.15) is 0 Å². The Balaban J connectivity index is 0. The van der Waals surface area contributed by atoms with E-state index in [1.54, 1.807) is 0 Å². The van der Waals surface area contributed by atoms with Crippen LogP contribution in [0.1, 0.15) is 17.5 Å². The zero-order chi connectivity index (χ0) is 18.8. The number of hydrogen-bond donors (Lipinski definition) is 0. The Labute approximate surface area is 202 Å². The van der Waals surface area contributed by atoms with Crippen LogP contribution in [0, 0.1) is 19.6 Å². The third kappa shape index (κ3) is 15.5. The first-order valence-electron chi connectivity index (χ1n) is 9.03. The summed E-state index contributed by atoms with van der Waals surface area (Å²) in [5.74, 6) is 0. The molecule has 4 rings (SSSR count). The van der Waals surface area contributed by atoms with Gasteiger partial charge in [0, 0.05) is 0 Å². The van der Waals surface area contributed by atoms with Gasteiger partial charge in [-0.25, -0.2) is 12.2 Å². The van der Waals surface area contributed by atoms with E-state index < -0.39 is 0 Å². The summed E-state index contributed by atoms with van der Waals surface area (Å²) in [7, 11) is 0. The normalized spacial score (nSPS) is 10.5. The van der Waals surface area contributed by atoms with E-state index in [9.17, 15) is 0 Å². The van der Waals surface area contributed by atoms with Gasteiger partial charge < -0.3 is 7.43 Å². The molecule has 3 aromatic rings. The van der Waals surface area contributed by atoms with E-state index in [0.717, 1.165) is 6.42 Å². The third-order valence-corrected chi connectivity index (χ3v) is 3.48.